The van der Waals surface area contributed by atoms with Gasteiger partial charge in [0.2, 0.25) is 0 Å². The molecule has 0 fully saturated rings. The molecule has 146 valence electrons. The predicted octanol–water partition coefficient (Wildman–Crippen LogP) is 6.12. The Bertz CT molecular complexity index is 905. The van der Waals surface area contributed by atoms with Gasteiger partial charge in [-0.05, 0) is 62.1 Å². The molecule has 0 bridgehead atoms. The molecule has 0 unspecified atom stereocenters. The van der Waals surface area contributed by atoms with E-state index < -0.39 is 0 Å². The zero-order chi connectivity index (χ0) is 20.3. The quantitative estimate of drug-likeness (QED) is 0.517. The molecular formula is C26H30O2. The van der Waals surface area contributed by atoms with Crippen LogP contribution in [0.25, 0.3) is 0 Å². The van der Waals surface area contributed by atoms with Crippen molar-refractivity contribution in [1.82, 2.24) is 0 Å². The zero-order valence-electron chi connectivity index (χ0n) is 17.8. The van der Waals surface area contributed by atoms with Crippen LogP contribution in [0.1, 0.15) is 44.5 Å². The summed E-state index contributed by atoms with van der Waals surface area (Å²) in [6, 6.07) is 17.5. The first-order chi connectivity index (χ1) is 13.4. The van der Waals surface area contributed by atoms with Crippen molar-refractivity contribution in [2.45, 2.75) is 40.5 Å². The fourth-order valence-corrected chi connectivity index (χ4v) is 3.69. The van der Waals surface area contributed by atoms with E-state index >= 15 is 0 Å². The van der Waals surface area contributed by atoms with Gasteiger partial charge in [0.15, 0.2) is 0 Å². The average Bonchev–Trinajstić information content (AvgIpc) is 2.68. The first-order valence-electron chi connectivity index (χ1n) is 9.77. The minimum atomic E-state index is 0.830. The van der Waals surface area contributed by atoms with Gasteiger partial charge in [0.1, 0.15) is 11.5 Å². The van der Waals surface area contributed by atoms with E-state index in [2.05, 4.69) is 76.2 Å². The zero-order valence-corrected chi connectivity index (χ0v) is 17.8. The summed E-state index contributed by atoms with van der Waals surface area (Å²) in [6.07, 6.45) is 1.66. The first-order valence-corrected chi connectivity index (χ1v) is 9.77. The van der Waals surface area contributed by atoms with Crippen LogP contribution in [0, 0.1) is 27.7 Å². The highest BCUT2D eigenvalue weighted by atomic mass is 16.5. The minimum Gasteiger partial charge on any atom is -0.496 e. The summed E-state index contributed by atoms with van der Waals surface area (Å²) in [4.78, 5) is 0. The molecule has 0 saturated heterocycles. The van der Waals surface area contributed by atoms with Crippen molar-refractivity contribution in [3.05, 3.63) is 93.0 Å². The summed E-state index contributed by atoms with van der Waals surface area (Å²) in [5, 5.41) is 0. The number of hydrogen-bond donors (Lipinski definition) is 0. The molecular weight excluding hydrogens is 344 g/mol. The van der Waals surface area contributed by atoms with Crippen LogP contribution in [0.4, 0.5) is 0 Å². The van der Waals surface area contributed by atoms with Crippen LogP contribution >= 0.6 is 0 Å². The standard InChI is InChI=1S/C26H30O2/c1-17-7-9-19(3)21(11-17)13-23-15-26(28-6)24(16-25(23)27-5)14-22-12-18(2)8-10-20(22)4/h7-12,15-16H,13-14H2,1-6H3. The van der Waals surface area contributed by atoms with Crippen LogP contribution in [0.3, 0.4) is 0 Å². The maximum atomic E-state index is 5.76. The summed E-state index contributed by atoms with van der Waals surface area (Å²) in [6.45, 7) is 8.59. The lowest BCUT2D eigenvalue weighted by atomic mass is 9.94. The molecule has 28 heavy (non-hydrogen) atoms. The maximum absolute atomic E-state index is 5.76. The summed E-state index contributed by atoms with van der Waals surface area (Å²) in [5.41, 5.74) is 10.1. The van der Waals surface area contributed by atoms with E-state index in [4.69, 9.17) is 9.47 Å². The Morgan fingerprint density at radius 3 is 1.29 bits per heavy atom. The largest absolute Gasteiger partial charge is 0.496 e. The van der Waals surface area contributed by atoms with Crippen LogP contribution in [0.5, 0.6) is 11.5 Å². The van der Waals surface area contributed by atoms with Crippen molar-refractivity contribution in [1.29, 1.82) is 0 Å². The number of rotatable bonds is 6. The first kappa shape index (κ1) is 20.0. The third-order valence-corrected chi connectivity index (χ3v) is 5.45. The monoisotopic (exact) mass is 374 g/mol. The highest BCUT2D eigenvalue weighted by Gasteiger charge is 2.14. The fourth-order valence-electron chi connectivity index (χ4n) is 3.69. The molecule has 0 aromatic heterocycles. The summed E-state index contributed by atoms with van der Waals surface area (Å²) >= 11 is 0. The van der Waals surface area contributed by atoms with E-state index in [0.717, 1.165) is 35.5 Å². The van der Waals surface area contributed by atoms with Crippen LogP contribution in [0.2, 0.25) is 0 Å². The van der Waals surface area contributed by atoms with Gasteiger partial charge < -0.3 is 9.47 Å². The van der Waals surface area contributed by atoms with E-state index in [9.17, 15) is 0 Å². The molecule has 0 atom stereocenters. The van der Waals surface area contributed by atoms with E-state index in [1.165, 1.54) is 33.4 Å². The topological polar surface area (TPSA) is 18.5 Å². The maximum Gasteiger partial charge on any atom is 0.122 e. The normalized spacial score (nSPS) is 10.8. The summed E-state index contributed by atoms with van der Waals surface area (Å²) in [5.74, 6) is 1.84. The van der Waals surface area contributed by atoms with Crippen molar-refractivity contribution in [3.63, 3.8) is 0 Å². The number of aryl methyl sites for hydroxylation is 4. The third kappa shape index (κ3) is 4.39. The lowest BCUT2D eigenvalue weighted by Crippen LogP contribution is -2.02. The smallest absolute Gasteiger partial charge is 0.122 e. The van der Waals surface area contributed by atoms with Gasteiger partial charge in [-0.1, -0.05) is 47.5 Å². The molecule has 0 amide bonds. The van der Waals surface area contributed by atoms with Gasteiger partial charge in [0.25, 0.3) is 0 Å². The molecule has 0 aliphatic rings. The van der Waals surface area contributed by atoms with E-state index in [1.807, 2.05) is 0 Å². The summed E-state index contributed by atoms with van der Waals surface area (Å²) < 4.78 is 11.5. The third-order valence-electron chi connectivity index (χ3n) is 5.45. The molecule has 0 saturated carbocycles. The Kier molecular flexibility index (Phi) is 6.08. The van der Waals surface area contributed by atoms with Gasteiger partial charge in [0, 0.05) is 24.0 Å². The van der Waals surface area contributed by atoms with Gasteiger partial charge in [-0.3, -0.25) is 0 Å². The number of hydrogen-bond acceptors (Lipinski definition) is 2. The van der Waals surface area contributed by atoms with Crippen molar-refractivity contribution in [2.24, 2.45) is 0 Å². The molecule has 0 N–H and O–H groups in total. The lowest BCUT2D eigenvalue weighted by molar-refractivity contribution is 0.396. The Hall–Kier alpha value is -2.74. The highest BCUT2D eigenvalue weighted by molar-refractivity contribution is 5.51. The molecule has 0 aliphatic heterocycles. The molecule has 0 aliphatic carbocycles. The van der Waals surface area contributed by atoms with Crippen molar-refractivity contribution >= 4 is 0 Å². The Labute approximate surface area is 169 Å². The van der Waals surface area contributed by atoms with Crippen LogP contribution in [0.15, 0.2) is 48.5 Å². The lowest BCUT2D eigenvalue weighted by Gasteiger charge is -2.17. The van der Waals surface area contributed by atoms with E-state index in [1.54, 1.807) is 14.2 Å². The average molecular weight is 375 g/mol. The molecule has 2 heteroatoms. The van der Waals surface area contributed by atoms with E-state index in [-0.39, 0.29) is 0 Å². The van der Waals surface area contributed by atoms with Crippen LogP contribution in [-0.4, -0.2) is 14.2 Å². The van der Waals surface area contributed by atoms with Crippen LogP contribution in [-0.2, 0) is 12.8 Å². The van der Waals surface area contributed by atoms with Gasteiger partial charge in [0.05, 0.1) is 14.2 Å². The van der Waals surface area contributed by atoms with Gasteiger partial charge in [-0.25, -0.2) is 0 Å². The SMILES string of the molecule is COc1cc(Cc2cc(C)ccc2C)c(OC)cc1Cc1cc(C)ccc1C. The molecule has 3 aromatic carbocycles. The van der Waals surface area contributed by atoms with Gasteiger partial charge in [-0.15, -0.1) is 0 Å². The Morgan fingerprint density at radius 2 is 0.929 bits per heavy atom. The molecule has 3 aromatic rings. The second kappa shape index (κ2) is 8.52. The number of methoxy groups -OCH3 is 2. The predicted molar refractivity (Wildman–Crippen MR) is 117 cm³/mol. The molecule has 0 radical (unpaired) electrons. The molecule has 2 nitrogen and oxygen atoms in total. The van der Waals surface area contributed by atoms with Crippen LogP contribution < -0.4 is 9.47 Å². The summed E-state index contributed by atoms with van der Waals surface area (Å²) in [7, 11) is 3.49. The second-order valence-electron chi connectivity index (χ2n) is 7.69. The van der Waals surface area contributed by atoms with Crippen molar-refractivity contribution < 1.29 is 9.47 Å². The van der Waals surface area contributed by atoms with Crippen molar-refractivity contribution in [3.8, 4) is 11.5 Å². The Balaban J connectivity index is 2.00. The minimum absolute atomic E-state index is 0.830. The molecule has 0 heterocycles. The highest BCUT2D eigenvalue weighted by Crippen LogP contribution is 2.33. The second-order valence-corrected chi connectivity index (χ2v) is 7.69. The molecule has 0 spiro atoms. The van der Waals surface area contributed by atoms with Gasteiger partial charge in [-0.2, -0.15) is 0 Å². The van der Waals surface area contributed by atoms with Gasteiger partial charge >= 0.3 is 0 Å². The van der Waals surface area contributed by atoms with Crippen molar-refractivity contribution in [2.75, 3.05) is 14.2 Å². The Morgan fingerprint density at radius 1 is 0.536 bits per heavy atom. The van der Waals surface area contributed by atoms with E-state index in [0.29, 0.717) is 0 Å². The fraction of sp³-hybridized carbons (Fsp3) is 0.308. The molecule has 3 rings (SSSR count). The number of ether oxygens (including phenoxy) is 2. The number of benzene rings is 3.